The predicted octanol–water partition coefficient (Wildman–Crippen LogP) is 1.01. The highest BCUT2D eigenvalue weighted by atomic mass is 31.2. The van der Waals surface area contributed by atoms with Gasteiger partial charge in [-0.05, 0) is 13.8 Å². The largest absolute Gasteiger partial charge is 0.463 e. The van der Waals surface area contributed by atoms with Crippen molar-refractivity contribution in [3.8, 4) is 0 Å². The van der Waals surface area contributed by atoms with Crippen molar-refractivity contribution in [3.63, 3.8) is 0 Å². The predicted molar refractivity (Wildman–Crippen MR) is 98.4 cm³/mol. The van der Waals surface area contributed by atoms with Gasteiger partial charge in [0.05, 0.1) is 13.2 Å². The molecule has 1 atom stereocenters. The number of esters is 1. The smallest absolute Gasteiger partial charge is 0.356 e. The van der Waals surface area contributed by atoms with Crippen LogP contribution in [0.15, 0.2) is 12.7 Å². The first-order valence-corrected chi connectivity index (χ1v) is 10.3. The summed E-state index contributed by atoms with van der Waals surface area (Å²) in [6, 6.07) is 0. The summed E-state index contributed by atoms with van der Waals surface area (Å²) in [5, 5.41) is 0. The molecule has 0 radical (unpaired) electrons. The highest BCUT2D eigenvalue weighted by molar-refractivity contribution is 7.53. The van der Waals surface area contributed by atoms with Crippen molar-refractivity contribution >= 4 is 30.5 Å². The number of carbonyl (C=O) groups excluding carboxylic acids is 1. The van der Waals surface area contributed by atoms with Gasteiger partial charge in [-0.25, -0.2) is 15.0 Å². The summed E-state index contributed by atoms with van der Waals surface area (Å²) < 4.78 is 34.8. The highest BCUT2D eigenvalue weighted by Crippen LogP contribution is 2.48. The van der Waals surface area contributed by atoms with E-state index in [0.717, 1.165) is 0 Å². The number of nitrogen functional groups attached to an aromatic ring is 1. The van der Waals surface area contributed by atoms with E-state index in [1.54, 1.807) is 13.8 Å². The van der Waals surface area contributed by atoms with Crippen LogP contribution in [0.1, 0.15) is 20.8 Å². The molecule has 2 heterocycles. The number of aromatic nitrogens is 4. The van der Waals surface area contributed by atoms with E-state index < -0.39 is 19.7 Å². The number of hydrogen-bond donors (Lipinski definition) is 1. The van der Waals surface area contributed by atoms with Gasteiger partial charge in [0.25, 0.3) is 0 Å². The van der Waals surface area contributed by atoms with Gasteiger partial charge in [0.1, 0.15) is 38.3 Å². The fourth-order valence-electron chi connectivity index (χ4n) is 2.15. The lowest BCUT2D eigenvalue weighted by molar-refractivity contribution is -0.146. The number of rotatable bonds is 12. The van der Waals surface area contributed by atoms with E-state index in [1.165, 1.54) is 24.3 Å². The van der Waals surface area contributed by atoms with E-state index in [9.17, 15) is 9.36 Å². The number of hydrogen-bond acceptors (Lipinski definition) is 11. The molecule has 1 unspecified atom stereocenters. The van der Waals surface area contributed by atoms with Crippen LogP contribution in [0.4, 0.5) is 5.82 Å². The number of anilines is 1. The van der Waals surface area contributed by atoms with Crippen molar-refractivity contribution in [2.45, 2.75) is 26.9 Å². The molecular formula is C15H24N5O7P. The zero-order valence-electron chi connectivity index (χ0n) is 15.9. The van der Waals surface area contributed by atoms with Gasteiger partial charge in [0, 0.05) is 6.92 Å². The Bertz CT molecular complexity index is 820. The number of carbonyl (C=O) groups is 1. The molecule has 0 aliphatic rings. The molecule has 28 heavy (non-hydrogen) atoms. The summed E-state index contributed by atoms with van der Waals surface area (Å²) in [4.78, 5) is 28.7. The van der Waals surface area contributed by atoms with Gasteiger partial charge in [-0.3, -0.25) is 9.36 Å². The molecule has 2 rings (SSSR count). The summed E-state index contributed by atoms with van der Waals surface area (Å²) in [5.41, 5.74) is 6.49. The quantitative estimate of drug-likeness (QED) is 0.389. The topological polar surface area (TPSA) is 150 Å². The van der Waals surface area contributed by atoms with Crippen LogP contribution in [-0.2, 0) is 27.9 Å². The first-order valence-electron chi connectivity index (χ1n) is 8.58. The maximum atomic E-state index is 12.5. The van der Waals surface area contributed by atoms with E-state index in [1.807, 2.05) is 0 Å². The van der Waals surface area contributed by atoms with Crippen molar-refractivity contribution in [2.75, 3.05) is 38.5 Å². The van der Waals surface area contributed by atoms with Crippen molar-refractivity contribution in [1.82, 2.24) is 19.7 Å². The molecule has 0 aliphatic heterocycles. The molecule has 0 bridgehead atoms. The zero-order valence-corrected chi connectivity index (χ0v) is 16.8. The molecule has 0 aromatic carbocycles. The van der Waals surface area contributed by atoms with Crippen LogP contribution in [0.2, 0.25) is 0 Å². The van der Waals surface area contributed by atoms with Crippen LogP contribution in [-0.4, -0.2) is 64.5 Å². The third-order valence-corrected chi connectivity index (χ3v) is 5.09. The van der Waals surface area contributed by atoms with Gasteiger partial charge in [-0.1, -0.05) is 0 Å². The molecule has 13 heteroatoms. The van der Waals surface area contributed by atoms with Crippen LogP contribution in [0.5, 0.6) is 0 Å². The van der Waals surface area contributed by atoms with Crippen LogP contribution >= 0.6 is 7.60 Å². The second-order valence-corrected chi connectivity index (χ2v) is 7.46. The first-order chi connectivity index (χ1) is 13.4. The standard InChI is InChI=1S/C15H24N5O7P/c1-4-26-28(22,27-5-2)10-24-12(6-23-11(3)21)7-25-20-9-19-13-14(16)17-8-18-15(13)20/h8-9,12H,4-7,10H2,1-3H3,(H2,16,17,18). The Hall–Kier alpha value is -2.27. The highest BCUT2D eigenvalue weighted by Gasteiger charge is 2.27. The monoisotopic (exact) mass is 417 g/mol. The molecule has 2 aromatic rings. The third kappa shape index (κ3) is 6.13. The van der Waals surface area contributed by atoms with E-state index in [0.29, 0.717) is 11.2 Å². The normalized spacial score (nSPS) is 12.8. The summed E-state index contributed by atoms with van der Waals surface area (Å²) in [6.07, 6.45) is 1.61. The second-order valence-electron chi connectivity index (χ2n) is 5.46. The maximum Gasteiger partial charge on any atom is 0.356 e. The van der Waals surface area contributed by atoms with E-state index in [2.05, 4.69) is 15.0 Å². The summed E-state index contributed by atoms with van der Waals surface area (Å²) in [5.74, 6) is -0.269. The molecule has 0 saturated heterocycles. The van der Waals surface area contributed by atoms with Crippen molar-refractivity contribution in [1.29, 1.82) is 0 Å². The lowest BCUT2D eigenvalue weighted by atomic mass is 10.4. The van der Waals surface area contributed by atoms with Gasteiger partial charge in [-0.15, -0.1) is 0 Å². The average Bonchev–Trinajstić information content (AvgIpc) is 3.06. The lowest BCUT2D eigenvalue weighted by Gasteiger charge is -2.22. The summed E-state index contributed by atoms with van der Waals surface area (Å²) in [7, 11) is -3.42. The fraction of sp³-hybridized carbons (Fsp3) is 0.600. The summed E-state index contributed by atoms with van der Waals surface area (Å²) in [6.45, 7) is 4.90. The van der Waals surface area contributed by atoms with E-state index in [-0.39, 0.29) is 38.6 Å². The molecule has 156 valence electrons. The van der Waals surface area contributed by atoms with Crippen LogP contribution in [0, 0.1) is 0 Å². The molecule has 2 aromatic heterocycles. The van der Waals surface area contributed by atoms with Crippen molar-refractivity contribution in [2.24, 2.45) is 0 Å². The van der Waals surface area contributed by atoms with Crippen molar-refractivity contribution < 1.29 is 32.7 Å². The number of ether oxygens (including phenoxy) is 2. The molecular weight excluding hydrogens is 393 g/mol. The Labute approximate surface area is 161 Å². The minimum absolute atomic E-state index is 0.0547. The van der Waals surface area contributed by atoms with Gasteiger partial charge >= 0.3 is 13.6 Å². The van der Waals surface area contributed by atoms with Crippen LogP contribution < -0.4 is 10.6 Å². The molecule has 0 aliphatic carbocycles. The van der Waals surface area contributed by atoms with Gasteiger partial charge in [0.15, 0.2) is 11.3 Å². The molecule has 0 fully saturated rings. The Morgan fingerprint density at radius 2 is 1.93 bits per heavy atom. The van der Waals surface area contributed by atoms with Crippen LogP contribution in [0.3, 0.4) is 0 Å². The van der Waals surface area contributed by atoms with Gasteiger partial charge in [0.2, 0.25) is 5.65 Å². The minimum atomic E-state index is -3.42. The first kappa shape index (κ1) is 22.0. The van der Waals surface area contributed by atoms with Gasteiger partial charge < -0.3 is 29.1 Å². The molecule has 0 spiro atoms. The average molecular weight is 417 g/mol. The minimum Gasteiger partial charge on any atom is -0.463 e. The Morgan fingerprint density at radius 3 is 2.57 bits per heavy atom. The third-order valence-electron chi connectivity index (χ3n) is 3.32. The summed E-state index contributed by atoms with van der Waals surface area (Å²) >= 11 is 0. The Kier molecular flexibility index (Phi) is 8.12. The Morgan fingerprint density at radius 1 is 1.21 bits per heavy atom. The molecule has 0 amide bonds. The number of fused-ring (bicyclic) bond motifs is 1. The number of nitrogens with zero attached hydrogens (tertiary/aromatic N) is 4. The SMILES string of the molecule is CCOP(=O)(COC(COC(C)=O)COn1cnc2c(N)ncnc21)OCC. The fourth-order valence-corrected chi connectivity index (χ4v) is 3.55. The van der Waals surface area contributed by atoms with E-state index in [4.69, 9.17) is 29.1 Å². The van der Waals surface area contributed by atoms with Crippen molar-refractivity contribution in [3.05, 3.63) is 12.7 Å². The molecule has 2 N–H and O–H groups in total. The van der Waals surface area contributed by atoms with Crippen LogP contribution in [0.25, 0.3) is 11.2 Å². The van der Waals surface area contributed by atoms with Gasteiger partial charge in [-0.2, -0.15) is 4.73 Å². The second kappa shape index (κ2) is 10.3. The molecule has 0 saturated carbocycles. The zero-order chi connectivity index (χ0) is 20.6. The number of nitrogens with two attached hydrogens (primary N) is 1. The van der Waals surface area contributed by atoms with E-state index >= 15 is 0 Å². The molecule has 12 nitrogen and oxygen atoms in total. The Balaban J connectivity index is 2.04. The number of imidazole rings is 1. The maximum absolute atomic E-state index is 12.5. The lowest BCUT2D eigenvalue weighted by Crippen LogP contribution is -2.31.